The topological polar surface area (TPSA) is 84.7 Å². The van der Waals surface area contributed by atoms with Crippen molar-refractivity contribution in [3.8, 4) is 22.8 Å². The lowest BCUT2D eigenvalue weighted by molar-refractivity contribution is 0.387. The van der Waals surface area contributed by atoms with Crippen molar-refractivity contribution < 1.29 is 8.91 Å². The van der Waals surface area contributed by atoms with Crippen LogP contribution in [0.4, 0.5) is 4.39 Å². The van der Waals surface area contributed by atoms with E-state index in [0.717, 1.165) is 0 Å². The lowest BCUT2D eigenvalue weighted by atomic mass is 10.1. The molecular weight excluding hydrogens is 251 g/mol. The van der Waals surface area contributed by atoms with E-state index in [2.05, 4.69) is 24.6 Å². The summed E-state index contributed by atoms with van der Waals surface area (Å²) in [6.45, 7) is 0. The Hall–Kier alpha value is -2.83. The first kappa shape index (κ1) is 11.3. The molecule has 1 aromatic carbocycles. The highest BCUT2D eigenvalue weighted by molar-refractivity contribution is 5.61. The van der Waals surface area contributed by atoms with E-state index in [0.29, 0.717) is 17.0 Å². The molecule has 19 heavy (non-hydrogen) atoms. The summed E-state index contributed by atoms with van der Waals surface area (Å²) in [5, 5.41) is 3.50. The number of benzene rings is 1. The molecule has 3 rings (SSSR count). The minimum absolute atomic E-state index is 0.149. The van der Waals surface area contributed by atoms with Gasteiger partial charge in [-0.15, -0.1) is 0 Å². The molecule has 0 atom stereocenters. The fourth-order valence-electron chi connectivity index (χ4n) is 1.62. The van der Waals surface area contributed by atoms with Gasteiger partial charge in [-0.05, 0) is 12.1 Å². The first-order valence-electron chi connectivity index (χ1n) is 5.37. The minimum atomic E-state index is -0.687. The quantitative estimate of drug-likeness (QED) is 0.755. The van der Waals surface area contributed by atoms with Crippen LogP contribution in [0.3, 0.4) is 0 Å². The van der Waals surface area contributed by atoms with Gasteiger partial charge in [0.1, 0.15) is 11.5 Å². The second-order valence-corrected chi connectivity index (χ2v) is 3.71. The zero-order valence-corrected chi connectivity index (χ0v) is 9.50. The maximum absolute atomic E-state index is 13.7. The number of aromatic amines is 1. The normalized spacial score (nSPS) is 10.6. The van der Waals surface area contributed by atoms with Crippen molar-refractivity contribution in [2.75, 3.05) is 0 Å². The van der Waals surface area contributed by atoms with Crippen molar-refractivity contribution in [2.45, 2.75) is 0 Å². The van der Waals surface area contributed by atoms with Crippen LogP contribution in [0.1, 0.15) is 0 Å². The molecule has 0 radical (unpaired) electrons. The van der Waals surface area contributed by atoms with Crippen molar-refractivity contribution in [3.05, 3.63) is 53.0 Å². The highest BCUT2D eigenvalue weighted by Gasteiger charge is 2.10. The average molecular weight is 258 g/mol. The Balaban J connectivity index is 2.10. The Morgan fingerprint density at radius 3 is 2.68 bits per heavy atom. The van der Waals surface area contributed by atoms with Crippen LogP contribution in [0, 0.1) is 5.82 Å². The molecule has 0 unspecified atom stereocenters. The Bertz CT molecular complexity index is 781. The molecule has 0 aliphatic rings. The number of rotatable bonds is 2. The van der Waals surface area contributed by atoms with Gasteiger partial charge in [-0.25, -0.2) is 14.2 Å². The van der Waals surface area contributed by atoms with Gasteiger partial charge in [-0.3, -0.25) is 14.5 Å². The highest BCUT2D eigenvalue weighted by atomic mass is 19.1. The molecule has 0 spiro atoms. The maximum atomic E-state index is 13.7. The zero-order chi connectivity index (χ0) is 13.2. The fraction of sp³-hybridized carbons (Fsp3) is 0. The summed E-state index contributed by atoms with van der Waals surface area (Å²) in [5.41, 5.74) is 0.966. The third-order valence-corrected chi connectivity index (χ3v) is 2.47. The third-order valence-electron chi connectivity index (χ3n) is 2.47. The van der Waals surface area contributed by atoms with Crippen molar-refractivity contribution in [3.63, 3.8) is 0 Å². The van der Waals surface area contributed by atoms with Gasteiger partial charge in [0, 0.05) is 5.56 Å². The van der Waals surface area contributed by atoms with E-state index in [9.17, 15) is 9.18 Å². The van der Waals surface area contributed by atoms with E-state index >= 15 is 0 Å². The molecule has 0 fully saturated rings. The monoisotopic (exact) mass is 258 g/mol. The Labute approximate surface area is 105 Å². The number of H-pyrrole nitrogens is 1. The molecule has 0 bridgehead atoms. The van der Waals surface area contributed by atoms with Gasteiger partial charge in [-0.2, -0.15) is 0 Å². The Kier molecular flexibility index (Phi) is 2.64. The second kappa shape index (κ2) is 4.45. The summed E-state index contributed by atoms with van der Waals surface area (Å²) >= 11 is 0. The number of aromatic nitrogens is 4. The summed E-state index contributed by atoms with van der Waals surface area (Å²) in [7, 11) is 0. The average Bonchev–Trinajstić information content (AvgIpc) is 2.86. The molecule has 3 aromatic rings. The van der Waals surface area contributed by atoms with E-state index in [1.807, 2.05) is 0 Å². The van der Waals surface area contributed by atoms with E-state index in [-0.39, 0.29) is 5.82 Å². The van der Waals surface area contributed by atoms with Crippen LogP contribution in [0.15, 0.2) is 46.0 Å². The van der Waals surface area contributed by atoms with Gasteiger partial charge in [-0.1, -0.05) is 17.3 Å². The number of halogens is 1. The van der Waals surface area contributed by atoms with Gasteiger partial charge in [0.2, 0.25) is 5.82 Å². The summed E-state index contributed by atoms with van der Waals surface area (Å²) < 4.78 is 18.0. The summed E-state index contributed by atoms with van der Waals surface area (Å²) in [5.74, 6) is -0.939. The van der Waals surface area contributed by atoms with Crippen LogP contribution in [0.5, 0.6) is 0 Å². The summed E-state index contributed by atoms with van der Waals surface area (Å²) in [6.07, 6.45) is 2.83. The third kappa shape index (κ3) is 2.13. The van der Waals surface area contributed by atoms with Gasteiger partial charge in [0.15, 0.2) is 0 Å². The van der Waals surface area contributed by atoms with Gasteiger partial charge >= 0.3 is 5.76 Å². The predicted molar refractivity (Wildman–Crippen MR) is 63.5 cm³/mol. The standard InChI is InChI=1S/C12H7FN4O2/c13-8-4-2-1-3-7(8)9-5-14-6-10(15-9)11-16-12(18)19-17-11/h1-6H,(H,16,17,18). The predicted octanol–water partition coefficient (Wildman–Crippen LogP) is 1.63. The minimum Gasteiger partial charge on any atom is -0.296 e. The number of nitrogens with one attached hydrogen (secondary N) is 1. The molecule has 2 heterocycles. The van der Waals surface area contributed by atoms with Crippen LogP contribution in [0.25, 0.3) is 22.8 Å². The molecule has 2 aromatic heterocycles. The van der Waals surface area contributed by atoms with Crippen LogP contribution in [-0.4, -0.2) is 20.1 Å². The molecule has 1 N–H and O–H groups in total. The Morgan fingerprint density at radius 2 is 1.95 bits per heavy atom. The van der Waals surface area contributed by atoms with Gasteiger partial charge in [0.05, 0.1) is 18.1 Å². The molecule has 6 nitrogen and oxygen atoms in total. The molecule has 0 saturated heterocycles. The van der Waals surface area contributed by atoms with Gasteiger partial charge < -0.3 is 0 Å². The molecule has 7 heteroatoms. The lowest BCUT2D eigenvalue weighted by Gasteiger charge is -2.02. The van der Waals surface area contributed by atoms with E-state index < -0.39 is 11.6 Å². The fourth-order valence-corrected chi connectivity index (χ4v) is 1.62. The zero-order valence-electron chi connectivity index (χ0n) is 9.50. The maximum Gasteiger partial charge on any atom is 0.439 e. The highest BCUT2D eigenvalue weighted by Crippen LogP contribution is 2.21. The summed E-state index contributed by atoms with van der Waals surface area (Å²) in [4.78, 5) is 21.4. The first-order valence-corrected chi connectivity index (χ1v) is 5.37. The SMILES string of the molecule is O=c1[nH]c(-c2cncc(-c3ccccc3F)n2)no1. The number of hydrogen-bond acceptors (Lipinski definition) is 5. The van der Waals surface area contributed by atoms with Crippen molar-refractivity contribution in [1.29, 1.82) is 0 Å². The number of hydrogen-bond donors (Lipinski definition) is 1. The van der Waals surface area contributed by atoms with Crippen LogP contribution >= 0.6 is 0 Å². The summed E-state index contributed by atoms with van der Waals surface area (Å²) in [6, 6.07) is 6.21. The second-order valence-electron chi connectivity index (χ2n) is 3.71. The largest absolute Gasteiger partial charge is 0.439 e. The molecule has 0 saturated carbocycles. The van der Waals surface area contributed by atoms with Crippen LogP contribution in [-0.2, 0) is 0 Å². The van der Waals surface area contributed by atoms with Crippen molar-refractivity contribution >= 4 is 0 Å². The van der Waals surface area contributed by atoms with Crippen molar-refractivity contribution in [2.24, 2.45) is 0 Å². The van der Waals surface area contributed by atoms with Crippen LogP contribution < -0.4 is 5.76 Å². The van der Waals surface area contributed by atoms with E-state index in [1.54, 1.807) is 18.2 Å². The molecular formula is C12H7FN4O2. The molecule has 94 valence electrons. The molecule has 0 aliphatic heterocycles. The smallest absolute Gasteiger partial charge is 0.296 e. The number of nitrogens with zero attached hydrogens (tertiary/aromatic N) is 3. The molecule has 0 aliphatic carbocycles. The van der Waals surface area contributed by atoms with E-state index in [4.69, 9.17) is 0 Å². The molecule has 0 amide bonds. The van der Waals surface area contributed by atoms with E-state index in [1.165, 1.54) is 18.5 Å². The van der Waals surface area contributed by atoms with Crippen molar-refractivity contribution in [1.82, 2.24) is 20.1 Å². The lowest BCUT2D eigenvalue weighted by Crippen LogP contribution is -1.97. The van der Waals surface area contributed by atoms with Gasteiger partial charge in [0.25, 0.3) is 0 Å². The van der Waals surface area contributed by atoms with Crippen LogP contribution in [0.2, 0.25) is 0 Å². The first-order chi connectivity index (χ1) is 9.24. The Morgan fingerprint density at radius 1 is 1.16 bits per heavy atom.